The summed E-state index contributed by atoms with van der Waals surface area (Å²) < 4.78 is 29.2. The molecule has 1 N–H and O–H groups in total. The van der Waals surface area contributed by atoms with Gasteiger partial charge in [0.2, 0.25) is 15.5 Å². The Morgan fingerprint density at radius 1 is 1.06 bits per heavy atom. The predicted octanol–water partition coefficient (Wildman–Crippen LogP) is 1.63. The zero-order chi connectivity index (χ0) is 22.0. The lowest BCUT2D eigenvalue weighted by Gasteiger charge is -2.17. The topological polar surface area (TPSA) is 91.7 Å². The number of carbonyl (C=O) groups excluding carboxylic acids is 1. The van der Waals surface area contributed by atoms with Gasteiger partial charge in [-0.2, -0.15) is 4.31 Å². The van der Waals surface area contributed by atoms with Crippen LogP contribution in [0.5, 0.6) is 0 Å². The summed E-state index contributed by atoms with van der Waals surface area (Å²) in [5.74, 6) is -0.416. The molecule has 2 aromatic rings. The van der Waals surface area contributed by atoms with E-state index in [-0.39, 0.29) is 15.8 Å². The van der Waals surface area contributed by atoms with Crippen molar-refractivity contribution in [2.24, 2.45) is 0 Å². The molecule has 9 heteroatoms. The van der Waals surface area contributed by atoms with E-state index in [9.17, 15) is 18.0 Å². The molecular formula is C22H30N4O4S. The number of aryl methyl sites for hydroxylation is 1. The Balaban J connectivity index is 1.65. The molecule has 0 saturated carbocycles. The first-order valence-electron chi connectivity index (χ1n) is 11.1. The van der Waals surface area contributed by atoms with Gasteiger partial charge in [0, 0.05) is 44.3 Å². The Kier molecular flexibility index (Phi) is 6.45. The molecule has 0 unspecified atom stereocenters. The Bertz CT molecular complexity index is 1130. The van der Waals surface area contributed by atoms with Gasteiger partial charge in [0.15, 0.2) is 0 Å². The van der Waals surface area contributed by atoms with Crippen molar-refractivity contribution in [3.63, 3.8) is 0 Å². The zero-order valence-electron chi connectivity index (χ0n) is 18.0. The highest BCUT2D eigenvalue weighted by Gasteiger charge is 2.28. The largest absolute Gasteiger partial charge is 0.351 e. The summed E-state index contributed by atoms with van der Waals surface area (Å²) in [6, 6.07) is 4.65. The van der Waals surface area contributed by atoms with Gasteiger partial charge < -0.3 is 14.8 Å². The number of aromatic nitrogens is 1. The minimum absolute atomic E-state index is 0.0477. The summed E-state index contributed by atoms with van der Waals surface area (Å²) in [6.45, 7) is 6.81. The third kappa shape index (κ3) is 4.40. The summed E-state index contributed by atoms with van der Waals surface area (Å²) in [6.07, 6.45) is 5.63. The molecular weight excluding hydrogens is 416 g/mol. The summed E-state index contributed by atoms with van der Waals surface area (Å²) in [7, 11) is -3.64. The molecule has 0 atom stereocenters. The second-order valence-electron chi connectivity index (χ2n) is 8.25. The van der Waals surface area contributed by atoms with E-state index in [1.54, 1.807) is 18.3 Å². The number of pyridine rings is 1. The normalized spacial score (nSPS) is 18.1. The second-order valence-corrected chi connectivity index (χ2v) is 10.2. The van der Waals surface area contributed by atoms with E-state index in [0.29, 0.717) is 31.7 Å². The van der Waals surface area contributed by atoms with Crippen molar-refractivity contribution in [1.82, 2.24) is 19.1 Å². The van der Waals surface area contributed by atoms with Gasteiger partial charge in [-0.1, -0.05) is 0 Å². The van der Waals surface area contributed by atoms with Crippen LogP contribution < -0.4 is 10.7 Å². The molecule has 0 bridgehead atoms. The highest BCUT2D eigenvalue weighted by molar-refractivity contribution is 7.89. The molecule has 0 radical (unpaired) electrons. The standard InChI is InChI=1S/C22H30N4O4S/c1-2-25-16-19(22(28)23-9-14-24-10-3-4-11-24)21(27)18-15-17(7-8-20(18)25)31(29,30)26-12-5-6-13-26/h7-8,15-16H,2-6,9-14H2,1H3,(H,23,28). The van der Waals surface area contributed by atoms with Gasteiger partial charge in [-0.15, -0.1) is 0 Å². The van der Waals surface area contributed by atoms with Crippen molar-refractivity contribution in [2.75, 3.05) is 39.3 Å². The quantitative estimate of drug-likeness (QED) is 0.698. The summed E-state index contributed by atoms with van der Waals surface area (Å²) in [5.41, 5.74) is 0.241. The van der Waals surface area contributed by atoms with Gasteiger partial charge in [0.1, 0.15) is 5.56 Å². The Morgan fingerprint density at radius 2 is 1.74 bits per heavy atom. The molecule has 2 aliphatic rings. The minimum Gasteiger partial charge on any atom is -0.351 e. The molecule has 3 heterocycles. The fourth-order valence-corrected chi connectivity index (χ4v) is 6.01. The molecule has 4 rings (SSSR count). The number of likely N-dealkylation sites (tertiary alicyclic amines) is 1. The molecule has 0 spiro atoms. The summed E-state index contributed by atoms with van der Waals surface area (Å²) in [4.78, 5) is 28.3. The third-order valence-corrected chi connectivity index (χ3v) is 8.15. The van der Waals surface area contributed by atoms with Crippen LogP contribution in [-0.4, -0.2) is 67.4 Å². The van der Waals surface area contributed by atoms with Crippen LogP contribution >= 0.6 is 0 Å². The fourth-order valence-electron chi connectivity index (χ4n) is 4.47. The first-order chi connectivity index (χ1) is 14.9. The van der Waals surface area contributed by atoms with Crippen LogP contribution in [0.15, 0.2) is 34.1 Å². The van der Waals surface area contributed by atoms with E-state index in [2.05, 4.69) is 10.2 Å². The molecule has 1 aromatic heterocycles. The number of fused-ring (bicyclic) bond motifs is 1. The third-order valence-electron chi connectivity index (χ3n) is 6.25. The molecule has 1 aromatic carbocycles. The van der Waals surface area contributed by atoms with Crippen molar-refractivity contribution in [3.8, 4) is 0 Å². The van der Waals surface area contributed by atoms with Crippen molar-refractivity contribution >= 4 is 26.8 Å². The maximum atomic E-state index is 13.2. The number of sulfonamides is 1. The monoisotopic (exact) mass is 446 g/mol. The second kappa shape index (κ2) is 9.10. The number of hydrogen-bond acceptors (Lipinski definition) is 5. The highest BCUT2D eigenvalue weighted by atomic mass is 32.2. The van der Waals surface area contributed by atoms with Crippen LogP contribution in [0.3, 0.4) is 0 Å². The van der Waals surface area contributed by atoms with Crippen molar-refractivity contribution < 1.29 is 13.2 Å². The lowest BCUT2D eigenvalue weighted by Crippen LogP contribution is -2.36. The first kappa shape index (κ1) is 22.0. The van der Waals surface area contributed by atoms with Gasteiger partial charge in [-0.05, 0) is 63.9 Å². The maximum Gasteiger partial charge on any atom is 0.256 e. The van der Waals surface area contributed by atoms with E-state index in [1.165, 1.54) is 23.2 Å². The number of rotatable bonds is 7. The number of hydrogen-bond donors (Lipinski definition) is 1. The average Bonchev–Trinajstić information content (AvgIpc) is 3.48. The van der Waals surface area contributed by atoms with Crippen LogP contribution in [0, 0.1) is 0 Å². The molecule has 1 amide bonds. The van der Waals surface area contributed by atoms with E-state index < -0.39 is 21.4 Å². The van der Waals surface area contributed by atoms with Crippen LogP contribution in [0.2, 0.25) is 0 Å². The Hall–Kier alpha value is -2.23. The van der Waals surface area contributed by atoms with Crippen LogP contribution in [0.25, 0.3) is 10.9 Å². The van der Waals surface area contributed by atoms with Crippen molar-refractivity contribution in [2.45, 2.75) is 44.0 Å². The van der Waals surface area contributed by atoms with Gasteiger partial charge in [0.05, 0.1) is 10.4 Å². The maximum absolute atomic E-state index is 13.2. The van der Waals surface area contributed by atoms with Crippen molar-refractivity contribution in [1.29, 1.82) is 0 Å². The zero-order valence-corrected chi connectivity index (χ0v) is 18.8. The Morgan fingerprint density at radius 3 is 2.42 bits per heavy atom. The van der Waals surface area contributed by atoms with Gasteiger partial charge in [-0.3, -0.25) is 9.59 Å². The van der Waals surface area contributed by atoms with Crippen LogP contribution in [0.1, 0.15) is 43.0 Å². The van der Waals surface area contributed by atoms with E-state index in [0.717, 1.165) is 32.5 Å². The number of nitrogens with one attached hydrogen (secondary N) is 1. The smallest absolute Gasteiger partial charge is 0.256 e. The average molecular weight is 447 g/mol. The highest BCUT2D eigenvalue weighted by Crippen LogP contribution is 2.24. The Labute approximate surface area is 182 Å². The van der Waals surface area contributed by atoms with Gasteiger partial charge >= 0.3 is 0 Å². The van der Waals surface area contributed by atoms with Gasteiger partial charge in [-0.25, -0.2) is 8.42 Å². The van der Waals surface area contributed by atoms with Crippen LogP contribution in [-0.2, 0) is 16.6 Å². The predicted molar refractivity (Wildman–Crippen MR) is 120 cm³/mol. The number of nitrogens with zero attached hydrogens (tertiary/aromatic N) is 3. The minimum atomic E-state index is -3.64. The molecule has 0 aliphatic carbocycles. The van der Waals surface area contributed by atoms with E-state index >= 15 is 0 Å². The molecule has 2 saturated heterocycles. The van der Waals surface area contributed by atoms with E-state index in [4.69, 9.17) is 0 Å². The van der Waals surface area contributed by atoms with E-state index in [1.807, 2.05) is 11.5 Å². The summed E-state index contributed by atoms with van der Waals surface area (Å²) >= 11 is 0. The fraction of sp³-hybridized carbons (Fsp3) is 0.545. The molecule has 2 fully saturated rings. The number of amides is 1. The molecule has 31 heavy (non-hydrogen) atoms. The lowest BCUT2D eigenvalue weighted by molar-refractivity contribution is 0.0948. The number of carbonyl (C=O) groups is 1. The lowest BCUT2D eigenvalue weighted by atomic mass is 10.1. The first-order valence-corrected chi connectivity index (χ1v) is 12.5. The SMILES string of the molecule is CCn1cc(C(=O)NCCN2CCCC2)c(=O)c2cc(S(=O)(=O)N3CCCC3)ccc21. The molecule has 168 valence electrons. The number of benzene rings is 1. The van der Waals surface area contributed by atoms with Crippen molar-refractivity contribution in [3.05, 3.63) is 40.2 Å². The van der Waals surface area contributed by atoms with Crippen LogP contribution in [0.4, 0.5) is 0 Å². The van der Waals surface area contributed by atoms with Gasteiger partial charge in [0.25, 0.3) is 5.91 Å². The molecule has 2 aliphatic heterocycles. The molecule has 8 nitrogen and oxygen atoms in total. The summed E-state index contributed by atoms with van der Waals surface area (Å²) in [5, 5.41) is 3.11.